The number of nitrogens with one attached hydrogen (secondary N) is 1. The Morgan fingerprint density at radius 3 is 2.68 bits per heavy atom. The van der Waals surface area contributed by atoms with Gasteiger partial charge < -0.3 is 9.47 Å². The van der Waals surface area contributed by atoms with Gasteiger partial charge in [-0.05, 0) is 18.6 Å². The number of benzene rings is 1. The lowest BCUT2D eigenvalue weighted by molar-refractivity contribution is 0.171. The maximum Gasteiger partial charge on any atom is 0.249 e. The number of sulfonamides is 1. The van der Waals surface area contributed by atoms with Crippen LogP contribution in [0.15, 0.2) is 18.2 Å². The second kappa shape index (κ2) is 5.36. The van der Waals surface area contributed by atoms with E-state index in [1.165, 1.54) is 0 Å². The van der Waals surface area contributed by atoms with Gasteiger partial charge in [0.1, 0.15) is 13.2 Å². The molecule has 1 unspecified atom stereocenters. The predicted molar refractivity (Wildman–Crippen MR) is 69.7 cm³/mol. The van der Waals surface area contributed by atoms with Gasteiger partial charge >= 0.3 is 0 Å². The minimum atomic E-state index is -3.71. The Bertz CT molecular complexity index is 607. The van der Waals surface area contributed by atoms with Crippen LogP contribution in [0.25, 0.3) is 0 Å². The van der Waals surface area contributed by atoms with Crippen molar-refractivity contribution in [3.05, 3.63) is 18.2 Å². The van der Waals surface area contributed by atoms with Crippen LogP contribution in [0.1, 0.15) is 13.3 Å². The minimum Gasteiger partial charge on any atom is -0.486 e. The van der Waals surface area contributed by atoms with Gasteiger partial charge in [0, 0.05) is 6.07 Å². The van der Waals surface area contributed by atoms with Crippen LogP contribution in [0, 0.1) is 11.3 Å². The summed E-state index contributed by atoms with van der Waals surface area (Å²) in [6.45, 7) is 2.56. The highest BCUT2D eigenvalue weighted by molar-refractivity contribution is 7.93. The lowest BCUT2D eigenvalue weighted by Crippen LogP contribution is -2.26. The molecular weight excluding hydrogens is 268 g/mol. The van der Waals surface area contributed by atoms with Crippen molar-refractivity contribution in [1.29, 1.82) is 5.26 Å². The van der Waals surface area contributed by atoms with Gasteiger partial charge in [0.25, 0.3) is 0 Å². The Morgan fingerprint density at radius 2 is 2.05 bits per heavy atom. The second-order valence-corrected chi connectivity index (χ2v) is 5.89. The summed E-state index contributed by atoms with van der Waals surface area (Å²) in [6, 6.07) is 6.54. The molecule has 7 heteroatoms. The van der Waals surface area contributed by atoms with E-state index in [0.29, 0.717) is 30.4 Å². The van der Waals surface area contributed by atoms with Crippen LogP contribution in [0.4, 0.5) is 5.69 Å². The molecule has 0 aromatic heterocycles. The number of ether oxygens (including phenoxy) is 2. The van der Waals surface area contributed by atoms with Crippen LogP contribution in [0.3, 0.4) is 0 Å². The van der Waals surface area contributed by atoms with Gasteiger partial charge in [-0.3, -0.25) is 4.72 Å². The standard InChI is InChI=1S/C12H14N2O4S/c1-2-10(8-13)19(15,16)14-9-3-4-11-12(7-9)18-6-5-17-11/h3-4,7,10,14H,2,5-6H2,1H3. The Labute approximate surface area is 112 Å². The minimum absolute atomic E-state index is 0.233. The number of nitrogens with zero attached hydrogens (tertiary/aromatic N) is 1. The molecule has 102 valence electrons. The third kappa shape index (κ3) is 2.90. The van der Waals surface area contributed by atoms with Gasteiger partial charge in [-0.2, -0.15) is 5.26 Å². The summed E-state index contributed by atoms with van der Waals surface area (Å²) < 4.78 is 36.9. The molecule has 0 aliphatic carbocycles. The van der Waals surface area contributed by atoms with Crippen molar-refractivity contribution < 1.29 is 17.9 Å². The van der Waals surface area contributed by atoms with E-state index < -0.39 is 15.3 Å². The first-order chi connectivity index (χ1) is 9.06. The molecule has 0 saturated carbocycles. The van der Waals surface area contributed by atoms with Crippen molar-refractivity contribution >= 4 is 15.7 Å². The topological polar surface area (TPSA) is 88.4 Å². The van der Waals surface area contributed by atoms with E-state index in [0.717, 1.165) is 0 Å². The maximum atomic E-state index is 11.9. The van der Waals surface area contributed by atoms with Crippen LogP contribution < -0.4 is 14.2 Å². The summed E-state index contributed by atoms with van der Waals surface area (Å²) >= 11 is 0. The molecule has 6 nitrogen and oxygen atoms in total. The van der Waals surface area contributed by atoms with Crippen LogP contribution in [-0.2, 0) is 10.0 Å². The summed E-state index contributed by atoms with van der Waals surface area (Å²) in [4.78, 5) is 0. The van der Waals surface area contributed by atoms with Crippen LogP contribution in [0.2, 0.25) is 0 Å². The first-order valence-electron chi connectivity index (χ1n) is 5.87. The predicted octanol–water partition coefficient (Wildman–Crippen LogP) is 1.50. The van der Waals surface area contributed by atoms with Crippen molar-refractivity contribution in [2.45, 2.75) is 18.6 Å². The fraction of sp³-hybridized carbons (Fsp3) is 0.417. The molecule has 2 rings (SSSR count). The third-order valence-electron chi connectivity index (χ3n) is 2.69. The van der Waals surface area contributed by atoms with E-state index >= 15 is 0 Å². The third-order valence-corrected chi connectivity index (χ3v) is 4.40. The fourth-order valence-corrected chi connectivity index (χ4v) is 2.90. The lowest BCUT2D eigenvalue weighted by atomic mass is 10.3. The van der Waals surface area contributed by atoms with E-state index in [9.17, 15) is 8.42 Å². The monoisotopic (exact) mass is 282 g/mol. The zero-order valence-electron chi connectivity index (χ0n) is 10.4. The molecule has 1 atom stereocenters. The summed E-state index contributed by atoms with van der Waals surface area (Å²) in [6.07, 6.45) is 0.233. The Kier molecular flexibility index (Phi) is 3.81. The molecule has 1 aliphatic heterocycles. The van der Waals surface area contributed by atoms with Gasteiger partial charge in [-0.1, -0.05) is 6.92 Å². The Balaban J connectivity index is 2.22. The SMILES string of the molecule is CCC(C#N)S(=O)(=O)Nc1ccc2c(c1)OCCO2. The molecule has 0 saturated heterocycles. The van der Waals surface area contributed by atoms with Gasteiger partial charge in [0.05, 0.1) is 11.8 Å². The molecule has 0 amide bonds. The molecule has 1 aliphatic rings. The van der Waals surface area contributed by atoms with Gasteiger partial charge in [0.2, 0.25) is 10.0 Å². The number of hydrogen-bond donors (Lipinski definition) is 1. The van der Waals surface area contributed by atoms with Crippen molar-refractivity contribution in [1.82, 2.24) is 0 Å². The van der Waals surface area contributed by atoms with Gasteiger partial charge in [-0.15, -0.1) is 0 Å². The van der Waals surface area contributed by atoms with E-state index in [2.05, 4.69) is 4.72 Å². The Hall–Kier alpha value is -1.94. The second-order valence-electron chi connectivity index (χ2n) is 4.03. The zero-order valence-corrected chi connectivity index (χ0v) is 11.2. The van der Waals surface area contributed by atoms with Crippen molar-refractivity contribution in [2.24, 2.45) is 0 Å². The molecule has 0 spiro atoms. The Morgan fingerprint density at radius 1 is 1.37 bits per heavy atom. The molecule has 1 heterocycles. The quantitative estimate of drug-likeness (QED) is 0.904. The molecule has 1 N–H and O–H groups in total. The van der Waals surface area contributed by atoms with Crippen molar-refractivity contribution in [3.8, 4) is 17.6 Å². The fourth-order valence-electron chi connectivity index (χ4n) is 1.72. The molecule has 0 fully saturated rings. The maximum absolute atomic E-state index is 11.9. The van der Waals surface area contributed by atoms with Gasteiger partial charge in [0.15, 0.2) is 16.7 Å². The highest BCUT2D eigenvalue weighted by atomic mass is 32.2. The van der Waals surface area contributed by atoms with E-state index in [1.54, 1.807) is 31.2 Å². The van der Waals surface area contributed by atoms with E-state index in [-0.39, 0.29) is 6.42 Å². The van der Waals surface area contributed by atoms with Crippen LogP contribution in [-0.4, -0.2) is 26.9 Å². The number of anilines is 1. The van der Waals surface area contributed by atoms with Crippen molar-refractivity contribution in [3.63, 3.8) is 0 Å². The molecule has 0 bridgehead atoms. The normalized spacial score (nSPS) is 15.4. The van der Waals surface area contributed by atoms with E-state index in [1.807, 2.05) is 0 Å². The average Bonchev–Trinajstić information content (AvgIpc) is 2.39. The highest BCUT2D eigenvalue weighted by Gasteiger charge is 2.24. The highest BCUT2D eigenvalue weighted by Crippen LogP contribution is 2.33. The largest absolute Gasteiger partial charge is 0.486 e. The van der Waals surface area contributed by atoms with Crippen LogP contribution in [0.5, 0.6) is 11.5 Å². The first kappa shape index (κ1) is 13.5. The molecule has 19 heavy (non-hydrogen) atoms. The summed E-state index contributed by atoms with van der Waals surface area (Å²) in [7, 11) is -3.71. The average molecular weight is 282 g/mol. The first-order valence-corrected chi connectivity index (χ1v) is 7.42. The zero-order chi connectivity index (χ0) is 13.9. The number of nitriles is 1. The smallest absolute Gasteiger partial charge is 0.249 e. The van der Waals surface area contributed by atoms with E-state index in [4.69, 9.17) is 14.7 Å². The van der Waals surface area contributed by atoms with Crippen LogP contribution >= 0.6 is 0 Å². The lowest BCUT2D eigenvalue weighted by Gasteiger charge is -2.19. The summed E-state index contributed by atoms with van der Waals surface area (Å²) in [5, 5.41) is 7.75. The molecule has 0 radical (unpaired) electrons. The number of hydrogen-bond acceptors (Lipinski definition) is 5. The van der Waals surface area contributed by atoms with Crippen molar-refractivity contribution in [2.75, 3.05) is 17.9 Å². The molecule has 1 aromatic rings. The number of fused-ring (bicyclic) bond motifs is 1. The summed E-state index contributed by atoms with van der Waals surface area (Å²) in [5.41, 5.74) is 0.359. The molecular formula is C12H14N2O4S. The van der Waals surface area contributed by atoms with Gasteiger partial charge in [-0.25, -0.2) is 8.42 Å². The summed E-state index contributed by atoms with van der Waals surface area (Å²) in [5.74, 6) is 1.08. The number of rotatable bonds is 4. The molecule has 1 aromatic carbocycles.